The van der Waals surface area contributed by atoms with E-state index in [-0.39, 0.29) is 0 Å². The van der Waals surface area contributed by atoms with Crippen LogP contribution in [0.1, 0.15) is 26.2 Å². The van der Waals surface area contributed by atoms with Crippen LogP contribution >= 0.6 is 11.6 Å². The van der Waals surface area contributed by atoms with Crippen molar-refractivity contribution in [2.24, 2.45) is 0 Å². The molecule has 0 amide bonds. The largest absolute Gasteiger partial charge is 0.394 e. The first-order valence-corrected chi connectivity index (χ1v) is 6.49. The van der Waals surface area contributed by atoms with Gasteiger partial charge in [0.25, 0.3) is 0 Å². The number of aliphatic hydroxyl groups is 6. The fourth-order valence-electron chi connectivity index (χ4n) is 1.02. The van der Waals surface area contributed by atoms with E-state index in [1.807, 2.05) is 0 Å². The first kappa shape index (κ1) is 20.4. The number of hydrogen-bond donors (Lipinski definition) is 6. The second-order valence-electron chi connectivity index (χ2n) is 3.88. The molecule has 0 bridgehead atoms. The molecule has 0 heterocycles. The lowest BCUT2D eigenvalue weighted by molar-refractivity contribution is -0.123. The minimum absolute atomic E-state index is 0.726. The molecule has 0 aliphatic rings. The van der Waals surface area contributed by atoms with Crippen molar-refractivity contribution in [1.29, 1.82) is 0 Å². The zero-order chi connectivity index (χ0) is 14.6. The van der Waals surface area contributed by atoms with Gasteiger partial charge in [-0.15, -0.1) is 11.6 Å². The summed E-state index contributed by atoms with van der Waals surface area (Å²) >= 11 is 5.38. The average Bonchev–Trinajstić information content (AvgIpc) is 2.42. The number of hydrogen-bond acceptors (Lipinski definition) is 6. The van der Waals surface area contributed by atoms with Gasteiger partial charge in [0.05, 0.1) is 13.2 Å². The maximum atomic E-state index is 8.96. The second kappa shape index (κ2) is 13.5. The van der Waals surface area contributed by atoms with Crippen molar-refractivity contribution in [1.82, 2.24) is 0 Å². The summed E-state index contributed by atoms with van der Waals surface area (Å²) in [7, 11) is 0. The predicted molar refractivity (Wildman–Crippen MR) is 68.4 cm³/mol. The molecule has 6 nitrogen and oxygen atoms in total. The van der Waals surface area contributed by atoms with Crippen LogP contribution in [0.3, 0.4) is 0 Å². The lowest BCUT2D eigenvalue weighted by atomic mass is 10.0. The summed E-state index contributed by atoms with van der Waals surface area (Å²) < 4.78 is 0. The first-order chi connectivity index (χ1) is 8.45. The molecule has 0 saturated heterocycles. The Morgan fingerprint density at radius 2 is 1.22 bits per heavy atom. The van der Waals surface area contributed by atoms with Crippen LogP contribution in [0, 0.1) is 0 Å². The first-order valence-electron chi connectivity index (χ1n) is 5.96. The standard InChI is InChI=1S/C6H14O6.C5H11Cl/c7-1-3(9)5(11)6(12)4(10)2-8;1-2-3-4-5-6/h3-12H,1-2H2;2-5H2,1H3. The molecule has 0 aliphatic heterocycles. The van der Waals surface area contributed by atoms with Crippen LogP contribution in [-0.4, -0.2) is 74.1 Å². The Kier molecular flexibility index (Phi) is 15.3. The third-order valence-corrected chi connectivity index (χ3v) is 2.52. The summed E-state index contributed by atoms with van der Waals surface area (Å²) in [5.74, 6) is 0.827. The third-order valence-electron chi connectivity index (χ3n) is 2.25. The molecule has 0 radical (unpaired) electrons. The molecule has 0 aromatic rings. The summed E-state index contributed by atoms with van der Waals surface area (Å²) in [6.45, 7) is 0.722. The highest BCUT2D eigenvalue weighted by Gasteiger charge is 2.29. The van der Waals surface area contributed by atoms with Crippen LogP contribution in [0.25, 0.3) is 0 Å². The van der Waals surface area contributed by atoms with Gasteiger partial charge in [-0.05, 0) is 6.42 Å². The molecule has 0 aliphatic carbocycles. The van der Waals surface area contributed by atoms with Gasteiger partial charge in [-0.25, -0.2) is 0 Å². The van der Waals surface area contributed by atoms with Gasteiger partial charge in [-0.1, -0.05) is 19.8 Å². The molecule has 0 spiro atoms. The minimum atomic E-state index is -1.67. The zero-order valence-electron chi connectivity index (χ0n) is 10.6. The summed E-state index contributed by atoms with van der Waals surface area (Å²) in [6.07, 6.45) is -2.66. The van der Waals surface area contributed by atoms with Crippen LogP contribution < -0.4 is 0 Å². The number of unbranched alkanes of at least 4 members (excludes halogenated alkanes) is 2. The van der Waals surface area contributed by atoms with Crippen molar-refractivity contribution in [3.63, 3.8) is 0 Å². The topological polar surface area (TPSA) is 121 Å². The van der Waals surface area contributed by atoms with E-state index in [9.17, 15) is 0 Å². The van der Waals surface area contributed by atoms with Gasteiger partial charge in [0.1, 0.15) is 24.4 Å². The molecule has 112 valence electrons. The Morgan fingerprint density at radius 3 is 1.39 bits per heavy atom. The molecule has 7 heteroatoms. The van der Waals surface area contributed by atoms with E-state index >= 15 is 0 Å². The summed E-state index contributed by atoms with van der Waals surface area (Å²) in [6, 6.07) is 0. The number of aliphatic hydroxyl groups excluding tert-OH is 6. The van der Waals surface area contributed by atoms with E-state index in [2.05, 4.69) is 6.92 Å². The molecule has 0 aromatic carbocycles. The lowest BCUT2D eigenvalue weighted by Gasteiger charge is -2.24. The van der Waals surface area contributed by atoms with Crippen molar-refractivity contribution in [3.05, 3.63) is 0 Å². The van der Waals surface area contributed by atoms with Gasteiger partial charge in [-0.3, -0.25) is 0 Å². The highest BCUT2D eigenvalue weighted by atomic mass is 35.5. The summed E-state index contributed by atoms with van der Waals surface area (Å²) in [5, 5.41) is 52.2. The van der Waals surface area contributed by atoms with E-state index in [0.29, 0.717) is 0 Å². The molecular weight excluding hydrogens is 264 g/mol. The SMILES string of the molecule is CCCCCCl.OCC(O)C(O)C(O)C(O)CO. The highest BCUT2D eigenvalue weighted by Crippen LogP contribution is 2.04. The van der Waals surface area contributed by atoms with Gasteiger partial charge in [-0.2, -0.15) is 0 Å². The third kappa shape index (κ3) is 10.0. The maximum Gasteiger partial charge on any atom is 0.111 e. The fraction of sp³-hybridized carbons (Fsp3) is 1.00. The number of halogens is 1. The van der Waals surface area contributed by atoms with Crippen LogP contribution in [0.2, 0.25) is 0 Å². The summed E-state index contributed by atoms with van der Waals surface area (Å²) in [5.41, 5.74) is 0. The van der Waals surface area contributed by atoms with Crippen molar-refractivity contribution < 1.29 is 30.6 Å². The quantitative estimate of drug-likeness (QED) is 0.247. The number of alkyl halides is 1. The van der Waals surface area contributed by atoms with E-state index in [1.165, 1.54) is 19.3 Å². The zero-order valence-corrected chi connectivity index (χ0v) is 11.4. The smallest absolute Gasteiger partial charge is 0.111 e. The molecule has 18 heavy (non-hydrogen) atoms. The second-order valence-corrected chi connectivity index (χ2v) is 4.26. The monoisotopic (exact) mass is 288 g/mol. The van der Waals surface area contributed by atoms with Crippen LogP contribution in [-0.2, 0) is 0 Å². The van der Waals surface area contributed by atoms with Crippen LogP contribution in [0.4, 0.5) is 0 Å². The van der Waals surface area contributed by atoms with E-state index in [4.69, 9.17) is 42.2 Å². The Balaban J connectivity index is 0. The van der Waals surface area contributed by atoms with E-state index in [1.54, 1.807) is 0 Å². The molecular formula is C11H25ClO6. The van der Waals surface area contributed by atoms with Gasteiger partial charge in [0, 0.05) is 5.88 Å². The molecule has 6 N–H and O–H groups in total. The Morgan fingerprint density at radius 1 is 0.833 bits per heavy atom. The van der Waals surface area contributed by atoms with Crippen molar-refractivity contribution >= 4 is 11.6 Å². The molecule has 0 aromatic heterocycles. The molecule has 0 saturated carbocycles. The minimum Gasteiger partial charge on any atom is -0.394 e. The van der Waals surface area contributed by atoms with Gasteiger partial charge in [0.2, 0.25) is 0 Å². The normalized spacial score (nSPS) is 17.3. The maximum absolute atomic E-state index is 8.96. The van der Waals surface area contributed by atoms with Crippen molar-refractivity contribution in [3.8, 4) is 0 Å². The van der Waals surface area contributed by atoms with Gasteiger partial charge in [0.15, 0.2) is 0 Å². The average molecular weight is 289 g/mol. The highest BCUT2D eigenvalue weighted by molar-refractivity contribution is 6.17. The van der Waals surface area contributed by atoms with Crippen LogP contribution in [0.5, 0.6) is 0 Å². The summed E-state index contributed by atoms with van der Waals surface area (Å²) in [4.78, 5) is 0. The van der Waals surface area contributed by atoms with Gasteiger partial charge >= 0.3 is 0 Å². The van der Waals surface area contributed by atoms with Crippen molar-refractivity contribution in [2.45, 2.75) is 50.6 Å². The Hall–Kier alpha value is 0.0500. The van der Waals surface area contributed by atoms with Crippen molar-refractivity contribution in [2.75, 3.05) is 19.1 Å². The fourth-order valence-corrected chi connectivity index (χ4v) is 1.20. The molecule has 4 unspecified atom stereocenters. The van der Waals surface area contributed by atoms with Gasteiger partial charge < -0.3 is 30.6 Å². The Bertz CT molecular complexity index is 154. The lowest BCUT2D eigenvalue weighted by Crippen LogP contribution is -2.46. The predicted octanol–water partition coefficient (Wildman–Crippen LogP) is -1.17. The Labute approximate surface area is 112 Å². The number of rotatable bonds is 8. The van der Waals surface area contributed by atoms with E-state index in [0.717, 1.165) is 5.88 Å². The van der Waals surface area contributed by atoms with Crippen LogP contribution in [0.15, 0.2) is 0 Å². The molecule has 0 rings (SSSR count). The molecule has 4 atom stereocenters. The van der Waals surface area contributed by atoms with E-state index < -0.39 is 37.6 Å². The molecule has 0 fully saturated rings.